The lowest BCUT2D eigenvalue weighted by atomic mass is 10.2. The van der Waals surface area contributed by atoms with Crippen LogP contribution < -0.4 is 11.1 Å². The van der Waals surface area contributed by atoms with Gasteiger partial charge < -0.3 is 11.1 Å². The Balaban J connectivity index is 1.97. The molecule has 0 aliphatic carbocycles. The van der Waals surface area contributed by atoms with E-state index in [0.717, 1.165) is 5.39 Å². The molecule has 7 heteroatoms. The van der Waals surface area contributed by atoms with E-state index >= 15 is 0 Å². The molecule has 0 spiro atoms. The molecule has 0 bridgehead atoms. The van der Waals surface area contributed by atoms with Gasteiger partial charge in [0.1, 0.15) is 15.5 Å². The van der Waals surface area contributed by atoms with Gasteiger partial charge in [0.2, 0.25) is 0 Å². The van der Waals surface area contributed by atoms with Gasteiger partial charge in [0.05, 0.1) is 11.4 Å². The molecule has 0 saturated heterocycles. The van der Waals surface area contributed by atoms with Gasteiger partial charge in [-0.05, 0) is 46.3 Å². The fourth-order valence-corrected chi connectivity index (χ4v) is 3.20. The van der Waals surface area contributed by atoms with Crippen molar-refractivity contribution in [3.05, 3.63) is 51.7 Å². The molecule has 1 amide bonds. The number of rotatable bonds is 2. The summed E-state index contributed by atoms with van der Waals surface area (Å²) in [5, 5.41) is 3.39. The second-order valence-electron chi connectivity index (χ2n) is 4.28. The molecule has 3 rings (SSSR count). The standard InChI is InChI=1S/C14H9BrFN3OS/c15-9-4-3-7(16)6-10(9)19-13(20)12-11(17)8-2-1-5-18-14(8)21-12/h1-6H,17H2,(H,19,20). The summed E-state index contributed by atoms with van der Waals surface area (Å²) in [7, 11) is 0. The van der Waals surface area contributed by atoms with E-state index in [1.165, 1.54) is 29.5 Å². The van der Waals surface area contributed by atoms with Crippen LogP contribution in [0.3, 0.4) is 0 Å². The molecule has 0 atom stereocenters. The summed E-state index contributed by atoms with van der Waals surface area (Å²) in [4.78, 5) is 17.5. The molecule has 0 fully saturated rings. The minimum absolute atomic E-state index is 0.352. The van der Waals surface area contributed by atoms with Crippen LogP contribution >= 0.6 is 27.3 Å². The minimum Gasteiger partial charge on any atom is -0.397 e. The van der Waals surface area contributed by atoms with Crippen LogP contribution in [0.4, 0.5) is 15.8 Å². The molecule has 4 nitrogen and oxygen atoms in total. The number of halogens is 2. The summed E-state index contributed by atoms with van der Waals surface area (Å²) in [5.41, 5.74) is 6.72. The molecule has 0 aliphatic rings. The number of carbonyl (C=O) groups is 1. The van der Waals surface area contributed by atoms with Crippen molar-refractivity contribution < 1.29 is 9.18 Å². The first-order valence-electron chi connectivity index (χ1n) is 5.95. The van der Waals surface area contributed by atoms with Crippen molar-refractivity contribution in [2.24, 2.45) is 0 Å². The van der Waals surface area contributed by atoms with E-state index in [-0.39, 0.29) is 5.91 Å². The summed E-state index contributed by atoms with van der Waals surface area (Å²) in [6.45, 7) is 0. The first-order chi connectivity index (χ1) is 10.1. The van der Waals surface area contributed by atoms with Crippen LogP contribution in [0.25, 0.3) is 10.2 Å². The predicted molar refractivity (Wildman–Crippen MR) is 86.1 cm³/mol. The summed E-state index contributed by atoms with van der Waals surface area (Å²) < 4.78 is 13.8. The number of fused-ring (bicyclic) bond motifs is 1. The van der Waals surface area contributed by atoms with E-state index in [1.54, 1.807) is 12.3 Å². The number of benzene rings is 1. The van der Waals surface area contributed by atoms with Crippen LogP contribution in [-0.4, -0.2) is 10.9 Å². The molecular weight excluding hydrogens is 357 g/mol. The number of nitrogens with two attached hydrogens (primary N) is 1. The number of pyridine rings is 1. The van der Waals surface area contributed by atoms with Crippen molar-refractivity contribution in [1.29, 1.82) is 0 Å². The van der Waals surface area contributed by atoms with Gasteiger partial charge in [-0.25, -0.2) is 9.37 Å². The maximum Gasteiger partial charge on any atom is 0.267 e. The van der Waals surface area contributed by atoms with Crippen LogP contribution in [0.1, 0.15) is 9.67 Å². The molecule has 0 radical (unpaired) electrons. The van der Waals surface area contributed by atoms with E-state index in [1.807, 2.05) is 6.07 Å². The summed E-state index contributed by atoms with van der Waals surface area (Å²) >= 11 is 4.47. The largest absolute Gasteiger partial charge is 0.397 e. The van der Waals surface area contributed by atoms with Gasteiger partial charge in [0.15, 0.2) is 0 Å². The molecule has 21 heavy (non-hydrogen) atoms. The number of anilines is 2. The molecule has 0 saturated carbocycles. The third kappa shape index (κ3) is 2.62. The van der Waals surface area contributed by atoms with Crippen molar-refractivity contribution in [3.63, 3.8) is 0 Å². The van der Waals surface area contributed by atoms with Gasteiger partial charge in [-0.2, -0.15) is 0 Å². The number of hydrogen-bond donors (Lipinski definition) is 2. The molecule has 3 N–H and O–H groups in total. The maximum absolute atomic E-state index is 13.2. The van der Waals surface area contributed by atoms with Crippen LogP contribution in [0.5, 0.6) is 0 Å². The lowest BCUT2D eigenvalue weighted by Gasteiger charge is -2.06. The molecule has 1 aromatic carbocycles. The van der Waals surface area contributed by atoms with Gasteiger partial charge >= 0.3 is 0 Å². The summed E-state index contributed by atoms with van der Waals surface area (Å²) in [6.07, 6.45) is 1.64. The molecule has 3 aromatic rings. The Morgan fingerprint density at radius 2 is 2.19 bits per heavy atom. The number of nitrogens with zero attached hydrogens (tertiary/aromatic N) is 1. The number of amides is 1. The maximum atomic E-state index is 13.2. The van der Waals surface area contributed by atoms with Crippen LogP contribution in [0.15, 0.2) is 41.0 Å². The summed E-state index contributed by atoms with van der Waals surface area (Å²) in [5.74, 6) is -0.818. The van der Waals surface area contributed by atoms with Gasteiger partial charge in [0.25, 0.3) is 5.91 Å². The van der Waals surface area contributed by atoms with Gasteiger partial charge in [0, 0.05) is 16.1 Å². The number of thiophene rings is 1. The van der Waals surface area contributed by atoms with E-state index in [0.29, 0.717) is 25.6 Å². The topological polar surface area (TPSA) is 68.0 Å². The zero-order chi connectivity index (χ0) is 15.0. The first kappa shape index (κ1) is 14.0. The SMILES string of the molecule is Nc1c(C(=O)Nc2cc(F)ccc2Br)sc2ncccc12. The zero-order valence-corrected chi connectivity index (χ0v) is 13.0. The number of aromatic nitrogens is 1. The quantitative estimate of drug-likeness (QED) is 0.720. The lowest BCUT2D eigenvalue weighted by Crippen LogP contribution is -2.12. The van der Waals surface area contributed by atoms with Crippen molar-refractivity contribution in [2.45, 2.75) is 0 Å². The van der Waals surface area contributed by atoms with E-state index in [4.69, 9.17) is 5.73 Å². The van der Waals surface area contributed by atoms with Gasteiger partial charge in [-0.3, -0.25) is 4.79 Å². The zero-order valence-electron chi connectivity index (χ0n) is 10.6. The monoisotopic (exact) mass is 365 g/mol. The van der Waals surface area contributed by atoms with Crippen molar-refractivity contribution in [3.8, 4) is 0 Å². The fourth-order valence-electron chi connectivity index (χ4n) is 1.89. The third-order valence-electron chi connectivity index (χ3n) is 2.89. The third-order valence-corrected chi connectivity index (χ3v) is 4.71. The Morgan fingerprint density at radius 3 is 2.95 bits per heavy atom. The number of nitrogens with one attached hydrogen (secondary N) is 1. The van der Waals surface area contributed by atoms with Crippen molar-refractivity contribution >= 4 is 54.8 Å². The van der Waals surface area contributed by atoms with Gasteiger partial charge in [-0.1, -0.05) is 0 Å². The Kier molecular flexibility index (Phi) is 3.60. The first-order valence-corrected chi connectivity index (χ1v) is 7.56. The number of carbonyl (C=O) groups excluding carboxylic acids is 1. The molecule has 106 valence electrons. The predicted octanol–water partition coefficient (Wildman–Crippen LogP) is 4.03. The van der Waals surface area contributed by atoms with Crippen molar-refractivity contribution in [1.82, 2.24) is 4.98 Å². The normalized spacial score (nSPS) is 10.8. The number of hydrogen-bond acceptors (Lipinski definition) is 4. The summed E-state index contributed by atoms with van der Waals surface area (Å²) in [6, 6.07) is 7.64. The fraction of sp³-hybridized carbons (Fsp3) is 0. The minimum atomic E-state index is -0.431. The Morgan fingerprint density at radius 1 is 1.38 bits per heavy atom. The molecular formula is C14H9BrFN3OS. The van der Waals surface area contributed by atoms with Crippen LogP contribution in [0.2, 0.25) is 0 Å². The molecule has 0 aliphatic heterocycles. The average molecular weight is 366 g/mol. The smallest absolute Gasteiger partial charge is 0.267 e. The molecule has 0 unspecified atom stereocenters. The van der Waals surface area contributed by atoms with Crippen molar-refractivity contribution in [2.75, 3.05) is 11.1 Å². The highest BCUT2D eigenvalue weighted by atomic mass is 79.9. The molecule has 2 aromatic heterocycles. The van der Waals surface area contributed by atoms with Gasteiger partial charge in [-0.15, -0.1) is 11.3 Å². The van der Waals surface area contributed by atoms with E-state index in [2.05, 4.69) is 26.2 Å². The van der Waals surface area contributed by atoms with Crippen LogP contribution in [-0.2, 0) is 0 Å². The highest BCUT2D eigenvalue weighted by Crippen LogP contribution is 2.33. The van der Waals surface area contributed by atoms with E-state index < -0.39 is 5.82 Å². The molecule has 2 heterocycles. The highest BCUT2D eigenvalue weighted by molar-refractivity contribution is 9.10. The second-order valence-corrected chi connectivity index (χ2v) is 6.13. The van der Waals surface area contributed by atoms with Crippen LogP contribution in [0, 0.1) is 5.82 Å². The van der Waals surface area contributed by atoms with E-state index in [9.17, 15) is 9.18 Å². The number of nitrogen functional groups attached to an aromatic ring is 1. The Labute approximate surface area is 131 Å². The highest BCUT2D eigenvalue weighted by Gasteiger charge is 2.17. The average Bonchev–Trinajstić information content (AvgIpc) is 2.81. The Bertz CT molecular complexity index is 849. The Hall–Kier alpha value is -1.99. The second kappa shape index (κ2) is 5.42. The lowest BCUT2D eigenvalue weighted by molar-refractivity contribution is 0.103.